The van der Waals surface area contributed by atoms with Crippen molar-refractivity contribution < 1.29 is 49.3 Å². The highest BCUT2D eigenvalue weighted by Crippen LogP contribution is 2.42. The van der Waals surface area contributed by atoms with Crippen molar-refractivity contribution in [3.63, 3.8) is 0 Å². The van der Waals surface area contributed by atoms with Gasteiger partial charge in [0.1, 0.15) is 65.4 Å². The van der Waals surface area contributed by atoms with Crippen LogP contribution in [0.15, 0.2) is 21.3 Å². The fraction of sp³-hybridized carbons (Fsp3) is 0.571. The van der Waals surface area contributed by atoms with Crippen LogP contribution in [0.1, 0.15) is 25.2 Å². The molecule has 0 aliphatic carbocycles. The van der Waals surface area contributed by atoms with Crippen LogP contribution in [0.2, 0.25) is 0 Å². The molecule has 1 fully saturated rings. The summed E-state index contributed by atoms with van der Waals surface area (Å²) in [6.45, 7) is 2.21. The average Bonchev–Trinajstić information content (AvgIpc) is 3.16. The molecule has 0 saturated carbocycles. The third-order valence-corrected chi connectivity index (χ3v) is 5.79. The Morgan fingerprint density at radius 1 is 1.16 bits per heavy atom. The van der Waals surface area contributed by atoms with E-state index in [2.05, 4.69) is 0 Å². The number of aromatic hydroxyl groups is 1. The third kappa shape index (κ3) is 3.97. The highest BCUT2D eigenvalue weighted by molar-refractivity contribution is 5.87. The fourth-order valence-electron chi connectivity index (χ4n) is 3.89. The lowest BCUT2D eigenvalue weighted by Gasteiger charge is -2.39. The van der Waals surface area contributed by atoms with E-state index in [0.717, 1.165) is 6.07 Å². The Balaban J connectivity index is 1.58. The molecule has 1 aromatic heterocycles. The van der Waals surface area contributed by atoms with E-state index in [-0.39, 0.29) is 41.3 Å². The summed E-state index contributed by atoms with van der Waals surface area (Å²) >= 11 is 0. The van der Waals surface area contributed by atoms with E-state index >= 15 is 0 Å². The maximum atomic E-state index is 12.7. The second-order valence-corrected chi connectivity index (χ2v) is 8.62. The molecular formula is C21H26O11. The van der Waals surface area contributed by atoms with Crippen LogP contribution >= 0.6 is 0 Å². The number of ether oxygens (including phenoxy) is 3. The number of aliphatic hydroxyl groups excluding tert-OH is 4. The van der Waals surface area contributed by atoms with Gasteiger partial charge in [0, 0.05) is 24.1 Å². The normalized spacial score (nSPS) is 30.3. The van der Waals surface area contributed by atoms with Crippen LogP contribution in [0.25, 0.3) is 11.0 Å². The smallest absolute Gasteiger partial charge is 0.196 e. The van der Waals surface area contributed by atoms with Crippen LogP contribution in [0.5, 0.6) is 11.5 Å². The standard InChI is InChI=1S/C21H26O11/c1-21(2,28)14-4-9-11(31-14)5-12-15(16(9)24)10(23)3-8(30-12)7-29-20-19(27)18(26)17(25)13(6-22)32-20/h3,5,13-14,17-20,22,24-28H,4,6-7H2,1-2H3/t13-,14?,17-,18+,19-,20-/m1/s1. The Hall–Kier alpha value is -2.25. The van der Waals surface area contributed by atoms with Gasteiger partial charge in [-0.1, -0.05) is 0 Å². The summed E-state index contributed by atoms with van der Waals surface area (Å²) in [7, 11) is 0. The van der Waals surface area contributed by atoms with E-state index in [0.29, 0.717) is 5.56 Å². The second kappa shape index (κ2) is 8.27. The summed E-state index contributed by atoms with van der Waals surface area (Å²) in [6.07, 6.45) is -7.63. The van der Waals surface area contributed by atoms with E-state index in [1.807, 2.05) is 0 Å². The quantitative estimate of drug-likeness (QED) is 0.322. The molecule has 2 aliphatic rings. The molecule has 0 spiro atoms. The van der Waals surface area contributed by atoms with Crippen LogP contribution in [-0.2, 0) is 22.5 Å². The van der Waals surface area contributed by atoms with Crippen LogP contribution in [0.4, 0.5) is 0 Å². The van der Waals surface area contributed by atoms with Gasteiger partial charge in [0.25, 0.3) is 0 Å². The number of hydrogen-bond acceptors (Lipinski definition) is 11. The van der Waals surface area contributed by atoms with E-state index in [9.17, 15) is 35.4 Å². The SMILES string of the molecule is CC(C)(O)C1Cc2c(cc3oc(CO[C@@H]4O[C@H](CO)[C@@H](O)[C@H](O)[C@H]4O)cc(=O)c3c2O)O1. The molecule has 0 bridgehead atoms. The molecule has 11 heteroatoms. The lowest BCUT2D eigenvalue weighted by Crippen LogP contribution is -2.59. The number of aliphatic hydroxyl groups is 5. The minimum Gasteiger partial charge on any atom is -0.507 e. The molecule has 6 N–H and O–H groups in total. The minimum absolute atomic E-state index is 0.0378. The van der Waals surface area contributed by atoms with E-state index in [1.54, 1.807) is 13.8 Å². The molecular weight excluding hydrogens is 428 g/mol. The molecule has 32 heavy (non-hydrogen) atoms. The number of hydrogen-bond donors (Lipinski definition) is 6. The summed E-state index contributed by atoms with van der Waals surface area (Å²) in [4.78, 5) is 12.7. The summed E-state index contributed by atoms with van der Waals surface area (Å²) < 4.78 is 22.1. The number of rotatable bonds is 5. The highest BCUT2D eigenvalue weighted by atomic mass is 16.7. The third-order valence-electron chi connectivity index (χ3n) is 5.79. The maximum Gasteiger partial charge on any atom is 0.196 e. The van der Waals surface area contributed by atoms with Gasteiger partial charge in [0.05, 0.1) is 12.2 Å². The predicted octanol–water partition coefficient (Wildman–Crippen LogP) is -1.11. The minimum atomic E-state index is -1.60. The first-order chi connectivity index (χ1) is 15.0. The maximum absolute atomic E-state index is 12.7. The molecule has 0 amide bonds. The molecule has 11 nitrogen and oxygen atoms in total. The highest BCUT2D eigenvalue weighted by Gasteiger charge is 2.44. The largest absolute Gasteiger partial charge is 0.507 e. The zero-order chi connectivity index (χ0) is 23.4. The van der Waals surface area contributed by atoms with Gasteiger partial charge >= 0.3 is 0 Å². The number of benzene rings is 1. The van der Waals surface area contributed by atoms with Crippen molar-refractivity contribution in [3.05, 3.63) is 33.7 Å². The van der Waals surface area contributed by atoms with Crippen molar-refractivity contribution in [1.82, 2.24) is 0 Å². The van der Waals surface area contributed by atoms with Crippen molar-refractivity contribution in [3.8, 4) is 11.5 Å². The molecule has 1 aromatic carbocycles. The number of phenolic OH excluding ortho intramolecular Hbond substituents is 1. The molecule has 2 aromatic rings. The molecule has 2 aliphatic heterocycles. The van der Waals surface area contributed by atoms with Crippen LogP contribution in [-0.4, -0.2) is 79.7 Å². The second-order valence-electron chi connectivity index (χ2n) is 8.62. The van der Waals surface area contributed by atoms with Gasteiger partial charge in [0.15, 0.2) is 11.7 Å². The Morgan fingerprint density at radius 3 is 2.53 bits per heavy atom. The van der Waals surface area contributed by atoms with Crippen molar-refractivity contribution in [2.24, 2.45) is 0 Å². The average molecular weight is 454 g/mol. The zero-order valence-electron chi connectivity index (χ0n) is 17.5. The van der Waals surface area contributed by atoms with Crippen LogP contribution < -0.4 is 10.2 Å². The molecule has 0 radical (unpaired) electrons. The van der Waals surface area contributed by atoms with Gasteiger partial charge in [0.2, 0.25) is 0 Å². The number of fused-ring (bicyclic) bond motifs is 2. The molecule has 6 atom stereocenters. The van der Waals surface area contributed by atoms with Crippen molar-refractivity contribution in [1.29, 1.82) is 0 Å². The van der Waals surface area contributed by atoms with Crippen molar-refractivity contribution >= 4 is 11.0 Å². The summed E-state index contributed by atoms with van der Waals surface area (Å²) in [5.41, 5.74) is -1.26. The lowest BCUT2D eigenvalue weighted by atomic mass is 9.96. The van der Waals surface area contributed by atoms with Crippen LogP contribution in [0, 0.1) is 0 Å². The Labute approximate surface area is 182 Å². The Kier molecular flexibility index (Phi) is 5.92. The first-order valence-electron chi connectivity index (χ1n) is 10.1. The van der Waals surface area contributed by atoms with Gasteiger partial charge in [-0.2, -0.15) is 0 Å². The zero-order valence-corrected chi connectivity index (χ0v) is 17.5. The summed E-state index contributed by atoms with van der Waals surface area (Å²) in [5.74, 6) is 0.0486. The van der Waals surface area contributed by atoms with Gasteiger partial charge in [-0.25, -0.2) is 0 Å². The molecule has 4 rings (SSSR count). The molecule has 1 unspecified atom stereocenters. The Bertz CT molecular complexity index is 1050. The van der Waals surface area contributed by atoms with Gasteiger partial charge in [-0.15, -0.1) is 0 Å². The topological polar surface area (TPSA) is 179 Å². The molecule has 176 valence electrons. The first kappa shape index (κ1) is 22.9. The van der Waals surface area contributed by atoms with Crippen LogP contribution in [0.3, 0.4) is 0 Å². The van der Waals surface area contributed by atoms with E-state index in [1.165, 1.54) is 6.07 Å². The fourth-order valence-corrected chi connectivity index (χ4v) is 3.89. The van der Waals surface area contributed by atoms with Crippen molar-refractivity contribution in [2.45, 2.75) is 69.3 Å². The number of phenols is 1. The molecule has 3 heterocycles. The summed E-state index contributed by atoms with van der Waals surface area (Å²) in [6, 6.07) is 2.57. The monoisotopic (exact) mass is 454 g/mol. The van der Waals surface area contributed by atoms with Gasteiger partial charge in [-0.05, 0) is 13.8 Å². The molecule has 1 saturated heterocycles. The predicted molar refractivity (Wildman–Crippen MR) is 107 cm³/mol. The van der Waals surface area contributed by atoms with E-state index in [4.69, 9.17) is 18.6 Å². The lowest BCUT2D eigenvalue weighted by molar-refractivity contribution is -0.304. The van der Waals surface area contributed by atoms with Gasteiger partial charge < -0.3 is 49.3 Å². The van der Waals surface area contributed by atoms with Crippen molar-refractivity contribution in [2.75, 3.05) is 6.61 Å². The summed E-state index contributed by atoms with van der Waals surface area (Å²) in [5, 5.41) is 59.8. The van der Waals surface area contributed by atoms with E-state index < -0.39 is 54.4 Å². The first-order valence-corrected chi connectivity index (χ1v) is 10.1. The Morgan fingerprint density at radius 2 is 1.88 bits per heavy atom. The van der Waals surface area contributed by atoms with Gasteiger partial charge in [-0.3, -0.25) is 4.79 Å².